The Hall–Kier alpha value is -1.81. The molecule has 0 aliphatic heterocycles. The van der Waals surface area contributed by atoms with Crippen molar-refractivity contribution in [3.63, 3.8) is 0 Å². The summed E-state index contributed by atoms with van der Waals surface area (Å²) < 4.78 is 0.995. The van der Waals surface area contributed by atoms with Crippen molar-refractivity contribution >= 4 is 27.5 Å². The second-order valence-corrected chi connectivity index (χ2v) is 4.76. The summed E-state index contributed by atoms with van der Waals surface area (Å²) in [5.74, 6) is -0.158. The number of nitrogens with one attached hydrogen (secondary N) is 2. The van der Waals surface area contributed by atoms with Crippen LogP contribution in [0.2, 0.25) is 0 Å². The largest absolute Gasteiger partial charge is 0.298 e. The first kappa shape index (κ1) is 12.6. The van der Waals surface area contributed by atoms with Gasteiger partial charge in [-0.1, -0.05) is 34.1 Å². The third-order valence-corrected chi connectivity index (χ3v) is 3.40. The third kappa shape index (κ3) is 3.11. The number of hydrogen-bond donors (Lipinski definition) is 2. The van der Waals surface area contributed by atoms with Gasteiger partial charge in [-0.3, -0.25) is 15.6 Å². The molecule has 0 unspecified atom stereocenters. The molecule has 0 radical (unpaired) electrons. The summed E-state index contributed by atoms with van der Waals surface area (Å²) in [7, 11) is 0. The van der Waals surface area contributed by atoms with Crippen molar-refractivity contribution in [3.05, 3.63) is 64.1 Å². The van der Waals surface area contributed by atoms with Gasteiger partial charge in [0.15, 0.2) is 0 Å². The van der Waals surface area contributed by atoms with E-state index >= 15 is 0 Å². The lowest BCUT2D eigenvalue weighted by Gasteiger charge is -2.09. The van der Waals surface area contributed by atoms with Gasteiger partial charge in [0.25, 0.3) is 5.91 Å². The fraction of sp³-hybridized carbons (Fsp3) is 0.0714. The Balaban J connectivity index is 2.02. The maximum absolute atomic E-state index is 11.9. The molecule has 18 heavy (non-hydrogen) atoms. The highest BCUT2D eigenvalue weighted by molar-refractivity contribution is 9.10. The molecule has 2 aromatic rings. The number of hydrazine groups is 1. The van der Waals surface area contributed by atoms with Crippen LogP contribution in [0.15, 0.2) is 53.0 Å². The number of para-hydroxylation sites is 1. The summed E-state index contributed by atoms with van der Waals surface area (Å²) in [4.78, 5) is 11.9. The number of benzene rings is 2. The Labute approximate surface area is 114 Å². The lowest BCUT2D eigenvalue weighted by Crippen LogP contribution is -2.29. The maximum Gasteiger partial charge on any atom is 0.269 e. The summed E-state index contributed by atoms with van der Waals surface area (Å²) in [6, 6.07) is 15.0. The normalized spacial score (nSPS) is 9.89. The molecule has 0 fully saturated rings. The molecule has 0 aliphatic carbocycles. The zero-order valence-electron chi connectivity index (χ0n) is 9.91. The minimum atomic E-state index is -0.158. The van der Waals surface area contributed by atoms with E-state index in [0.717, 1.165) is 15.7 Å². The third-order valence-electron chi connectivity index (χ3n) is 2.51. The van der Waals surface area contributed by atoms with Crippen LogP contribution in [-0.4, -0.2) is 5.91 Å². The van der Waals surface area contributed by atoms with E-state index in [2.05, 4.69) is 26.8 Å². The summed E-state index contributed by atoms with van der Waals surface area (Å²) in [5, 5.41) is 0. The molecule has 0 bridgehead atoms. The molecule has 1 amide bonds. The van der Waals surface area contributed by atoms with E-state index in [9.17, 15) is 4.79 Å². The molecule has 2 rings (SSSR count). The first-order valence-corrected chi connectivity index (χ1v) is 6.33. The maximum atomic E-state index is 11.9. The summed E-state index contributed by atoms with van der Waals surface area (Å²) >= 11 is 3.41. The number of carbonyl (C=O) groups excluding carboxylic acids is 1. The van der Waals surface area contributed by atoms with E-state index in [0.29, 0.717) is 5.56 Å². The van der Waals surface area contributed by atoms with Crippen LogP contribution >= 0.6 is 15.9 Å². The van der Waals surface area contributed by atoms with Gasteiger partial charge in [0.05, 0.1) is 5.69 Å². The molecule has 0 spiro atoms. The van der Waals surface area contributed by atoms with E-state index < -0.39 is 0 Å². The smallest absolute Gasteiger partial charge is 0.269 e. The molecular weight excluding hydrogens is 292 g/mol. The van der Waals surface area contributed by atoms with E-state index in [1.807, 2.05) is 49.4 Å². The highest BCUT2D eigenvalue weighted by Crippen LogP contribution is 2.17. The monoisotopic (exact) mass is 304 g/mol. The van der Waals surface area contributed by atoms with E-state index in [1.165, 1.54) is 0 Å². The van der Waals surface area contributed by atoms with Crippen LogP contribution < -0.4 is 10.9 Å². The van der Waals surface area contributed by atoms with Gasteiger partial charge in [0.1, 0.15) is 0 Å². The fourth-order valence-electron chi connectivity index (χ4n) is 1.51. The van der Waals surface area contributed by atoms with Gasteiger partial charge < -0.3 is 0 Å². The van der Waals surface area contributed by atoms with Gasteiger partial charge in [-0.2, -0.15) is 0 Å². The van der Waals surface area contributed by atoms with E-state index in [-0.39, 0.29) is 5.91 Å². The Morgan fingerprint density at radius 2 is 1.83 bits per heavy atom. The van der Waals surface area contributed by atoms with E-state index in [1.54, 1.807) is 6.07 Å². The predicted molar refractivity (Wildman–Crippen MR) is 76.4 cm³/mol. The lowest BCUT2D eigenvalue weighted by atomic mass is 10.1. The topological polar surface area (TPSA) is 41.1 Å². The highest BCUT2D eigenvalue weighted by Gasteiger charge is 2.06. The first-order valence-electron chi connectivity index (χ1n) is 5.54. The molecule has 0 heterocycles. The van der Waals surface area contributed by atoms with Crippen LogP contribution in [0.5, 0.6) is 0 Å². The number of hydrogen-bond acceptors (Lipinski definition) is 2. The second kappa shape index (κ2) is 5.69. The van der Waals surface area contributed by atoms with Crippen LogP contribution in [-0.2, 0) is 0 Å². The van der Waals surface area contributed by atoms with Crippen LogP contribution in [0, 0.1) is 6.92 Å². The Morgan fingerprint density at radius 1 is 1.11 bits per heavy atom. The minimum Gasteiger partial charge on any atom is -0.298 e. The standard InChI is InChI=1S/C14H13BrN2O/c1-10-9-11(7-8-13(10)15)14(18)17-16-12-5-3-2-4-6-12/h2-9,16H,1H3,(H,17,18). The van der Waals surface area contributed by atoms with Crippen LogP contribution in [0.4, 0.5) is 5.69 Å². The highest BCUT2D eigenvalue weighted by atomic mass is 79.9. The van der Waals surface area contributed by atoms with Gasteiger partial charge in [-0.15, -0.1) is 0 Å². The number of anilines is 1. The van der Waals surface area contributed by atoms with Crippen molar-refractivity contribution in [1.82, 2.24) is 5.43 Å². The van der Waals surface area contributed by atoms with Crippen molar-refractivity contribution in [2.45, 2.75) is 6.92 Å². The van der Waals surface area contributed by atoms with Crippen LogP contribution in [0.25, 0.3) is 0 Å². The predicted octanol–water partition coefficient (Wildman–Crippen LogP) is 3.51. The second-order valence-electron chi connectivity index (χ2n) is 3.91. The quantitative estimate of drug-likeness (QED) is 0.852. The first-order chi connectivity index (χ1) is 8.66. The average molecular weight is 305 g/mol. The zero-order chi connectivity index (χ0) is 13.0. The van der Waals surface area contributed by atoms with Crippen molar-refractivity contribution < 1.29 is 4.79 Å². The molecule has 0 atom stereocenters. The summed E-state index contributed by atoms with van der Waals surface area (Å²) in [6.07, 6.45) is 0. The average Bonchev–Trinajstić information content (AvgIpc) is 2.40. The number of carbonyl (C=O) groups is 1. The molecule has 2 N–H and O–H groups in total. The van der Waals surface area contributed by atoms with Gasteiger partial charge in [-0.05, 0) is 42.8 Å². The molecule has 0 aromatic heterocycles. The van der Waals surface area contributed by atoms with Crippen molar-refractivity contribution in [3.8, 4) is 0 Å². The molecular formula is C14H13BrN2O. The molecule has 92 valence electrons. The van der Waals surface area contributed by atoms with Crippen molar-refractivity contribution in [1.29, 1.82) is 0 Å². The summed E-state index contributed by atoms with van der Waals surface area (Å²) in [5.41, 5.74) is 8.02. The molecule has 2 aromatic carbocycles. The lowest BCUT2D eigenvalue weighted by molar-refractivity contribution is 0.0962. The Morgan fingerprint density at radius 3 is 2.50 bits per heavy atom. The number of aryl methyl sites for hydroxylation is 1. The minimum absolute atomic E-state index is 0.158. The number of halogens is 1. The number of amides is 1. The van der Waals surface area contributed by atoms with E-state index in [4.69, 9.17) is 0 Å². The Kier molecular flexibility index (Phi) is 3.99. The molecule has 0 aliphatic rings. The van der Waals surface area contributed by atoms with Gasteiger partial charge in [0, 0.05) is 10.0 Å². The number of rotatable bonds is 3. The van der Waals surface area contributed by atoms with Crippen molar-refractivity contribution in [2.75, 3.05) is 5.43 Å². The zero-order valence-corrected chi connectivity index (χ0v) is 11.5. The molecule has 3 nitrogen and oxygen atoms in total. The SMILES string of the molecule is Cc1cc(C(=O)NNc2ccccc2)ccc1Br. The fourth-order valence-corrected chi connectivity index (χ4v) is 1.76. The van der Waals surface area contributed by atoms with Crippen LogP contribution in [0.1, 0.15) is 15.9 Å². The Bertz CT molecular complexity index is 555. The van der Waals surface area contributed by atoms with Gasteiger partial charge >= 0.3 is 0 Å². The molecule has 4 heteroatoms. The van der Waals surface area contributed by atoms with Crippen LogP contribution in [0.3, 0.4) is 0 Å². The molecule has 0 saturated heterocycles. The van der Waals surface area contributed by atoms with Crippen molar-refractivity contribution in [2.24, 2.45) is 0 Å². The summed E-state index contributed by atoms with van der Waals surface area (Å²) in [6.45, 7) is 1.95. The molecule has 0 saturated carbocycles. The van der Waals surface area contributed by atoms with Gasteiger partial charge in [0.2, 0.25) is 0 Å². The van der Waals surface area contributed by atoms with Gasteiger partial charge in [-0.25, -0.2) is 0 Å².